The molecule has 1 fully saturated rings. The minimum atomic E-state index is 0.207. The molecular weight excluding hydrogens is 258 g/mol. The number of nitrogens with zero attached hydrogens (tertiary/aromatic N) is 1. The van der Waals surface area contributed by atoms with Gasteiger partial charge in [-0.15, -0.1) is 0 Å². The molecule has 0 aliphatic heterocycles. The highest BCUT2D eigenvalue weighted by atomic mass is 16.1. The predicted octanol–water partition coefficient (Wildman–Crippen LogP) is 4.88. The van der Waals surface area contributed by atoms with Crippen LogP contribution in [0.25, 0.3) is 10.8 Å². The molecule has 2 aromatic rings. The van der Waals surface area contributed by atoms with Crippen molar-refractivity contribution in [1.29, 1.82) is 0 Å². The quantitative estimate of drug-likeness (QED) is 0.750. The Morgan fingerprint density at radius 2 is 1.90 bits per heavy atom. The van der Waals surface area contributed by atoms with E-state index in [0.717, 1.165) is 41.0 Å². The van der Waals surface area contributed by atoms with Crippen LogP contribution in [0, 0.1) is 17.8 Å². The zero-order valence-corrected chi connectivity index (χ0v) is 12.9. The van der Waals surface area contributed by atoms with E-state index in [9.17, 15) is 4.79 Å². The Kier molecular flexibility index (Phi) is 4.05. The van der Waals surface area contributed by atoms with E-state index in [-0.39, 0.29) is 5.92 Å². The summed E-state index contributed by atoms with van der Waals surface area (Å²) in [5.41, 5.74) is 0.878. The Hall–Kier alpha value is -1.70. The number of pyridine rings is 1. The van der Waals surface area contributed by atoms with E-state index in [4.69, 9.17) is 0 Å². The van der Waals surface area contributed by atoms with Gasteiger partial charge < -0.3 is 0 Å². The van der Waals surface area contributed by atoms with Crippen LogP contribution in [0.2, 0.25) is 0 Å². The topological polar surface area (TPSA) is 30.0 Å². The van der Waals surface area contributed by atoms with Crippen molar-refractivity contribution >= 4 is 16.6 Å². The molecule has 0 spiro atoms. The first-order valence-corrected chi connectivity index (χ1v) is 8.03. The maximum absolute atomic E-state index is 12.9. The molecule has 0 bridgehead atoms. The first kappa shape index (κ1) is 14.2. The largest absolute Gasteiger partial charge is 0.294 e. The summed E-state index contributed by atoms with van der Waals surface area (Å²) >= 11 is 0. The van der Waals surface area contributed by atoms with Gasteiger partial charge in [-0.3, -0.25) is 9.78 Å². The summed E-state index contributed by atoms with van der Waals surface area (Å²) in [5.74, 6) is 2.07. The van der Waals surface area contributed by atoms with Crippen molar-refractivity contribution in [3.63, 3.8) is 0 Å². The molecule has 2 nitrogen and oxygen atoms in total. The van der Waals surface area contributed by atoms with Crippen molar-refractivity contribution in [1.82, 2.24) is 4.98 Å². The van der Waals surface area contributed by atoms with Gasteiger partial charge in [0.1, 0.15) is 0 Å². The number of carbonyl (C=O) groups is 1. The predicted molar refractivity (Wildman–Crippen MR) is 86.4 cm³/mol. The number of ketones is 1. The molecule has 0 radical (unpaired) electrons. The molecule has 1 aliphatic carbocycles. The Morgan fingerprint density at radius 3 is 2.62 bits per heavy atom. The van der Waals surface area contributed by atoms with Gasteiger partial charge in [0, 0.05) is 29.3 Å². The summed E-state index contributed by atoms with van der Waals surface area (Å²) in [6, 6.07) is 7.92. The summed E-state index contributed by atoms with van der Waals surface area (Å²) in [6.07, 6.45) is 8.09. The van der Waals surface area contributed by atoms with E-state index in [1.165, 1.54) is 12.8 Å². The Labute approximate surface area is 126 Å². The van der Waals surface area contributed by atoms with Crippen molar-refractivity contribution in [3.8, 4) is 0 Å². The summed E-state index contributed by atoms with van der Waals surface area (Å²) < 4.78 is 0. The number of fused-ring (bicyclic) bond motifs is 1. The zero-order valence-electron chi connectivity index (χ0n) is 12.9. The lowest BCUT2D eigenvalue weighted by Crippen LogP contribution is -2.24. The minimum Gasteiger partial charge on any atom is -0.294 e. The van der Waals surface area contributed by atoms with E-state index in [1.807, 2.05) is 30.5 Å². The average molecular weight is 281 g/mol. The number of carbonyl (C=O) groups excluding carboxylic acids is 1. The van der Waals surface area contributed by atoms with Gasteiger partial charge in [-0.1, -0.05) is 32.0 Å². The molecule has 21 heavy (non-hydrogen) atoms. The molecule has 0 amide bonds. The molecule has 0 unspecified atom stereocenters. The van der Waals surface area contributed by atoms with Crippen LogP contribution in [0.3, 0.4) is 0 Å². The number of hydrogen-bond acceptors (Lipinski definition) is 2. The van der Waals surface area contributed by atoms with E-state index in [1.54, 1.807) is 6.20 Å². The zero-order chi connectivity index (χ0) is 14.8. The lowest BCUT2D eigenvalue weighted by Gasteiger charge is -2.30. The molecule has 1 aromatic carbocycles. The second-order valence-corrected chi connectivity index (χ2v) is 6.62. The molecule has 1 aliphatic rings. The van der Waals surface area contributed by atoms with Gasteiger partial charge in [0.2, 0.25) is 0 Å². The Balaban J connectivity index is 1.82. The van der Waals surface area contributed by atoms with Crippen molar-refractivity contribution in [2.45, 2.75) is 39.5 Å². The van der Waals surface area contributed by atoms with E-state index < -0.39 is 0 Å². The van der Waals surface area contributed by atoms with E-state index >= 15 is 0 Å². The van der Waals surface area contributed by atoms with Gasteiger partial charge in [-0.25, -0.2) is 0 Å². The van der Waals surface area contributed by atoms with Crippen molar-refractivity contribution in [2.24, 2.45) is 17.8 Å². The third kappa shape index (κ3) is 2.85. The normalized spacial score (nSPS) is 22.6. The Morgan fingerprint density at radius 1 is 1.14 bits per heavy atom. The van der Waals surface area contributed by atoms with E-state index in [0.29, 0.717) is 5.78 Å². The lowest BCUT2D eigenvalue weighted by molar-refractivity contribution is 0.0861. The van der Waals surface area contributed by atoms with Crippen LogP contribution in [0.15, 0.2) is 36.7 Å². The van der Waals surface area contributed by atoms with Crippen molar-refractivity contribution < 1.29 is 4.79 Å². The molecule has 0 atom stereocenters. The highest BCUT2D eigenvalue weighted by Crippen LogP contribution is 2.35. The van der Waals surface area contributed by atoms with Crippen LogP contribution in [0.1, 0.15) is 49.9 Å². The summed E-state index contributed by atoms with van der Waals surface area (Å²) in [7, 11) is 0. The second-order valence-electron chi connectivity index (χ2n) is 6.62. The highest BCUT2D eigenvalue weighted by molar-refractivity contribution is 6.08. The van der Waals surface area contributed by atoms with Crippen LogP contribution < -0.4 is 0 Å². The van der Waals surface area contributed by atoms with Crippen LogP contribution in [-0.4, -0.2) is 10.8 Å². The fourth-order valence-corrected chi connectivity index (χ4v) is 3.61. The lowest BCUT2D eigenvalue weighted by atomic mass is 9.74. The van der Waals surface area contributed by atoms with Gasteiger partial charge >= 0.3 is 0 Å². The van der Waals surface area contributed by atoms with Crippen LogP contribution in [0.5, 0.6) is 0 Å². The number of hydrogen-bond donors (Lipinski definition) is 0. The third-order valence-electron chi connectivity index (χ3n) is 5.03. The molecule has 1 heterocycles. The fraction of sp³-hybridized carbons (Fsp3) is 0.474. The van der Waals surface area contributed by atoms with Gasteiger partial charge in [-0.2, -0.15) is 0 Å². The molecule has 3 rings (SSSR count). The summed E-state index contributed by atoms with van der Waals surface area (Å²) in [6.45, 7) is 4.59. The molecule has 1 saturated carbocycles. The first-order chi connectivity index (χ1) is 10.2. The number of rotatable bonds is 3. The fourth-order valence-electron chi connectivity index (χ4n) is 3.61. The SMILES string of the molecule is CC(C)C1CCC(C(=O)c2cccc3cnccc23)CC1. The van der Waals surface area contributed by atoms with Gasteiger partial charge in [0.05, 0.1) is 0 Å². The first-order valence-electron chi connectivity index (χ1n) is 8.03. The number of Topliss-reactive ketones (excluding diaryl/α,β-unsaturated/α-hetero) is 1. The molecule has 2 heteroatoms. The molecule has 0 saturated heterocycles. The smallest absolute Gasteiger partial charge is 0.166 e. The minimum absolute atomic E-state index is 0.207. The molecular formula is C19H23NO. The Bertz CT molecular complexity index is 634. The maximum atomic E-state index is 12.9. The molecule has 110 valence electrons. The highest BCUT2D eigenvalue weighted by Gasteiger charge is 2.28. The van der Waals surface area contributed by atoms with Crippen LogP contribution >= 0.6 is 0 Å². The van der Waals surface area contributed by atoms with Crippen LogP contribution in [-0.2, 0) is 0 Å². The molecule has 1 aromatic heterocycles. The monoisotopic (exact) mass is 281 g/mol. The second kappa shape index (κ2) is 5.97. The maximum Gasteiger partial charge on any atom is 0.166 e. The molecule has 0 N–H and O–H groups in total. The summed E-state index contributed by atoms with van der Waals surface area (Å²) in [5, 5.41) is 2.10. The number of aromatic nitrogens is 1. The number of benzene rings is 1. The van der Waals surface area contributed by atoms with Gasteiger partial charge in [-0.05, 0) is 49.0 Å². The van der Waals surface area contributed by atoms with E-state index in [2.05, 4.69) is 18.8 Å². The van der Waals surface area contributed by atoms with Crippen LogP contribution in [0.4, 0.5) is 0 Å². The average Bonchev–Trinajstić information content (AvgIpc) is 2.53. The standard InChI is InChI=1S/C19H23NO/c1-13(2)14-6-8-15(9-7-14)19(21)18-5-3-4-16-12-20-11-10-17(16)18/h3-5,10-15H,6-9H2,1-2H3. The van der Waals surface area contributed by atoms with Crippen molar-refractivity contribution in [3.05, 3.63) is 42.2 Å². The van der Waals surface area contributed by atoms with Gasteiger partial charge in [0.15, 0.2) is 5.78 Å². The third-order valence-corrected chi connectivity index (χ3v) is 5.03. The van der Waals surface area contributed by atoms with Gasteiger partial charge in [0.25, 0.3) is 0 Å². The van der Waals surface area contributed by atoms with Crippen molar-refractivity contribution in [2.75, 3.05) is 0 Å². The summed E-state index contributed by atoms with van der Waals surface area (Å²) in [4.78, 5) is 17.0.